The van der Waals surface area contributed by atoms with Crippen molar-refractivity contribution in [2.45, 2.75) is 26.4 Å². The molecule has 0 aliphatic rings. The van der Waals surface area contributed by atoms with Gasteiger partial charge in [-0.05, 0) is 19.4 Å². The van der Waals surface area contributed by atoms with Crippen LogP contribution in [0.25, 0.3) is 10.1 Å². The highest BCUT2D eigenvalue weighted by molar-refractivity contribution is 7.17. The molecule has 7 heteroatoms. The number of nitrogens with one attached hydrogen (secondary N) is 1. The summed E-state index contributed by atoms with van der Waals surface area (Å²) in [5.41, 5.74) is 0.471. The molecule has 2 heterocycles. The number of benzene rings is 1. The lowest BCUT2D eigenvalue weighted by atomic mass is 10.2. The lowest BCUT2D eigenvalue weighted by Crippen LogP contribution is -2.32. The Labute approximate surface area is 142 Å². The molecule has 6 nitrogen and oxygen atoms in total. The first kappa shape index (κ1) is 16.2. The second kappa shape index (κ2) is 6.84. The zero-order chi connectivity index (χ0) is 17.1. The Kier molecular flexibility index (Phi) is 4.61. The van der Waals surface area contributed by atoms with Gasteiger partial charge in [0, 0.05) is 21.5 Å². The Morgan fingerprint density at radius 1 is 1.38 bits per heavy atom. The van der Waals surface area contributed by atoms with Crippen molar-refractivity contribution in [3.8, 4) is 0 Å². The third-order valence-corrected chi connectivity index (χ3v) is 4.46. The first-order chi connectivity index (χ1) is 11.6. The lowest BCUT2D eigenvalue weighted by Gasteiger charge is -2.14. The fraction of sp³-hybridized carbons (Fsp3) is 0.235. The topological polar surface area (TPSA) is 81.4 Å². The van der Waals surface area contributed by atoms with Gasteiger partial charge in [0.25, 0.3) is 5.91 Å². The monoisotopic (exact) mass is 344 g/mol. The van der Waals surface area contributed by atoms with Crippen LogP contribution in [0.2, 0.25) is 0 Å². The number of esters is 1. The molecule has 3 rings (SSSR count). The molecule has 1 unspecified atom stereocenters. The van der Waals surface area contributed by atoms with Crippen LogP contribution in [-0.2, 0) is 9.53 Å². The Morgan fingerprint density at radius 3 is 2.88 bits per heavy atom. The van der Waals surface area contributed by atoms with Crippen LogP contribution >= 0.6 is 11.3 Å². The van der Waals surface area contributed by atoms with E-state index in [9.17, 15) is 9.59 Å². The number of anilines is 1. The highest BCUT2D eigenvalue weighted by Crippen LogP contribution is 2.26. The molecule has 1 atom stereocenters. The standard InChI is InChI=1S/C17H16N2O4S/c1-3-13(16(20)18-15-8-10(2)23-19-15)22-17(21)12-9-24-14-7-5-4-6-11(12)14/h4-9,13H,3H2,1-2H3,(H,18,19,20). The number of carbonyl (C=O) groups is 2. The number of hydrogen-bond acceptors (Lipinski definition) is 6. The van der Waals surface area contributed by atoms with Crippen LogP contribution in [0, 0.1) is 6.92 Å². The highest BCUT2D eigenvalue weighted by atomic mass is 32.1. The first-order valence-corrected chi connectivity index (χ1v) is 8.38. The average molecular weight is 344 g/mol. The van der Waals surface area contributed by atoms with Gasteiger partial charge in [0.05, 0.1) is 5.56 Å². The van der Waals surface area contributed by atoms with Gasteiger partial charge in [-0.3, -0.25) is 4.79 Å². The molecule has 1 amide bonds. The van der Waals surface area contributed by atoms with E-state index < -0.39 is 18.0 Å². The smallest absolute Gasteiger partial charge is 0.340 e. The fourth-order valence-corrected chi connectivity index (χ4v) is 3.21. The second-order valence-electron chi connectivity index (χ2n) is 5.26. The van der Waals surface area contributed by atoms with Gasteiger partial charge in [-0.1, -0.05) is 30.3 Å². The number of aryl methyl sites for hydroxylation is 1. The average Bonchev–Trinajstić information content (AvgIpc) is 3.18. The normalized spacial score (nSPS) is 12.1. The molecule has 124 valence electrons. The number of ether oxygens (including phenoxy) is 1. The summed E-state index contributed by atoms with van der Waals surface area (Å²) in [6.07, 6.45) is -0.538. The molecular weight excluding hydrogens is 328 g/mol. The molecule has 0 bridgehead atoms. The van der Waals surface area contributed by atoms with Crippen molar-refractivity contribution in [3.05, 3.63) is 47.0 Å². The molecule has 1 aromatic carbocycles. The molecular formula is C17H16N2O4S. The van der Waals surface area contributed by atoms with Crippen molar-refractivity contribution < 1.29 is 18.8 Å². The molecule has 3 aromatic rings. The summed E-state index contributed by atoms with van der Waals surface area (Å²) in [5, 5.41) is 8.86. The number of amides is 1. The van der Waals surface area contributed by atoms with E-state index in [1.807, 2.05) is 24.3 Å². The van der Waals surface area contributed by atoms with Crippen molar-refractivity contribution in [2.75, 3.05) is 5.32 Å². The van der Waals surface area contributed by atoms with E-state index in [1.165, 1.54) is 11.3 Å². The molecule has 0 radical (unpaired) electrons. The third-order valence-electron chi connectivity index (χ3n) is 3.49. The number of carbonyl (C=O) groups excluding carboxylic acids is 2. The third kappa shape index (κ3) is 3.30. The van der Waals surface area contributed by atoms with E-state index in [-0.39, 0.29) is 0 Å². The zero-order valence-electron chi connectivity index (χ0n) is 13.2. The van der Waals surface area contributed by atoms with Crippen LogP contribution in [0.5, 0.6) is 0 Å². The largest absolute Gasteiger partial charge is 0.449 e. The van der Waals surface area contributed by atoms with Crippen LogP contribution in [-0.4, -0.2) is 23.1 Å². The minimum Gasteiger partial charge on any atom is -0.449 e. The molecule has 0 spiro atoms. The van der Waals surface area contributed by atoms with E-state index >= 15 is 0 Å². The molecule has 24 heavy (non-hydrogen) atoms. The fourth-order valence-electron chi connectivity index (χ4n) is 2.28. The number of rotatable bonds is 5. The SMILES string of the molecule is CCC(OC(=O)c1csc2ccccc12)C(=O)Nc1cc(C)on1. The van der Waals surface area contributed by atoms with Gasteiger partial charge in [-0.2, -0.15) is 0 Å². The Bertz CT molecular complexity index is 883. The van der Waals surface area contributed by atoms with Crippen molar-refractivity contribution >= 4 is 39.1 Å². The van der Waals surface area contributed by atoms with Gasteiger partial charge in [0.2, 0.25) is 0 Å². The molecule has 2 aromatic heterocycles. The Morgan fingerprint density at radius 2 is 2.17 bits per heavy atom. The number of nitrogens with zero attached hydrogens (tertiary/aromatic N) is 1. The van der Waals surface area contributed by atoms with Gasteiger partial charge in [0.15, 0.2) is 11.9 Å². The molecule has 1 N–H and O–H groups in total. The summed E-state index contributed by atoms with van der Waals surface area (Å²) >= 11 is 1.47. The van der Waals surface area contributed by atoms with Gasteiger partial charge >= 0.3 is 5.97 Å². The minimum atomic E-state index is -0.895. The highest BCUT2D eigenvalue weighted by Gasteiger charge is 2.24. The van der Waals surface area contributed by atoms with E-state index in [0.29, 0.717) is 23.6 Å². The Hall–Kier alpha value is -2.67. The summed E-state index contributed by atoms with van der Waals surface area (Å²) in [6.45, 7) is 3.50. The van der Waals surface area contributed by atoms with Crippen LogP contribution in [0.15, 0.2) is 40.2 Å². The number of hydrogen-bond donors (Lipinski definition) is 1. The minimum absolute atomic E-state index is 0.299. The predicted molar refractivity (Wildman–Crippen MR) is 91.2 cm³/mol. The number of aromatic nitrogens is 1. The van der Waals surface area contributed by atoms with E-state index in [2.05, 4.69) is 10.5 Å². The van der Waals surface area contributed by atoms with Gasteiger partial charge in [0.1, 0.15) is 5.76 Å². The van der Waals surface area contributed by atoms with Crippen molar-refractivity contribution in [1.82, 2.24) is 5.16 Å². The lowest BCUT2D eigenvalue weighted by molar-refractivity contribution is -0.124. The summed E-state index contributed by atoms with van der Waals surface area (Å²) in [5.74, 6) is -0.0578. The van der Waals surface area contributed by atoms with Crippen LogP contribution in [0.1, 0.15) is 29.5 Å². The van der Waals surface area contributed by atoms with E-state index in [1.54, 1.807) is 25.3 Å². The van der Waals surface area contributed by atoms with Crippen molar-refractivity contribution in [3.63, 3.8) is 0 Å². The first-order valence-electron chi connectivity index (χ1n) is 7.50. The van der Waals surface area contributed by atoms with E-state index in [0.717, 1.165) is 10.1 Å². The Balaban J connectivity index is 1.72. The van der Waals surface area contributed by atoms with Crippen LogP contribution < -0.4 is 5.32 Å². The van der Waals surface area contributed by atoms with E-state index in [4.69, 9.17) is 9.26 Å². The molecule has 0 aliphatic heterocycles. The van der Waals surface area contributed by atoms with Crippen LogP contribution in [0.4, 0.5) is 5.82 Å². The molecule has 0 aliphatic carbocycles. The summed E-state index contributed by atoms with van der Waals surface area (Å²) in [6, 6.07) is 9.17. The molecule has 0 saturated heterocycles. The van der Waals surface area contributed by atoms with Gasteiger partial charge in [-0.15, -0.1) is 11.3 Å². The number of thiophene rings is 1. The van der Waals surface area contributed by atoms with Gasteiger partial charge in [-0.25, -0.2) is 4.79 Å². The predicted octanol–water partition coefficient (Wildman–Crippen LogP) is 3.77. The molecule has 0 fully saturated rings. The molecule has 0 saturated carbocycles. The van der Waals surface area contributed by atoms with Crippen molar-refractivity contribution in [2.24, 2.45) is 0 Å². The summed E-state index contributed by atoms with van der Waals surface area (Å²) < 4.78 is 11.3. The van der Waals surface area contributed by atoms with Crippen molar-refractivity contribution in [1.29, 1.82) is 0 Å². The maximum atomic E-state index is 12.4. The zero-order valence-corrected chi connectivity index (χ0v) is 14.1. The van der Waals surface area contributed by atoms with Gasteiger partial charge < -0.3 is 14.6 Å². The quantitative estimate of drug-likeness (QED) is 0.713. The van der Waals surface area contributed by atoms with Crippen LogP contribution in [0.3, 0.4) is 0 Å². The number of fused-ring (bicyclic) bond motifs is 1. The maximum Gasteiger partial charge on any atom is 0.340 e. The summed E-state index contributed by atoms with van der Waals surface area (Å²) in [7, 11) is 0. The second-order valence-corrected chi connectivity index (χ2v) is 6.17. The summed E-state index contributed by atoms with van der Waals surface area (Å²) in [4.78, 5) is 24.7. The maximum absolute atomic E-state index is 12.4.